The summed E-state index contributed by atoms with van der Waals surface area (Å²) < 4.78 is 16.2. The van der Waals surface area contributed by atoms with Crippen LogP contribution in [0.3, 0.4) is 0 Å². The van der Waals surface area contributed by atoms with E-state index in [2.05, 4.69) is 59.2 Å². The molecule has 0 amide bonds. The van der Waals surface area contributed by atoms with E-state index in [4.69, 9.17) is 0 Å². The molecule has 0 spiro atoms. The molecule has 5 heteroatoms. The second-order valence-electron chi connectivity index (χ2n) is 4.42. The van der Waals surface area contributed by atoms with Gasteiger partial charge in [-0.3, -0.25) is 0 Å². The Hall–Kier alpha value is -0.230. The summed E-state index contributed by atoms with van der Waals surface area (Å²) in [5.41, 5.74) is 2.08. The zero-order valence-electron chi connectivity index (χ0n) is 10.8. The minimum Gasteiger partial charge on any atom is -0.313 e. The van der Waals surface area contributed by atoms with Gasteiger partial charge in [-0.25, -0.2) is 4.39 Å². The van der Waals surface area contributed by atoms with E-state index < -0.39 is 0 Å². The fourth-order valence-electron chi connectivity index (χ4n) is 2.08. The zero-order chi connectivity index (χ0) is 14.7. The maximum Gasteiger partial charge on any atom is 0.137 e. The highest BCUT2D eigenvalue weighted by molar-refractivity contribution is 9.11. The van der Waals surface area contributed by atoms with Gasteiger partial charge in [0, 0.05) is 15.0 Å². The molecule has 0 heterocycles. The molecule has 2 rings (SSSR count). The number of hydrogen-bond acceptors (Lipinski definition) is 1. The van der Waals surface area contributed by atoms with Crippen LogP contribution in [0.2, 0.25) is 0 Å². The van der Waals surface area contributed by atoms with E-state index in [0.29, 0.717) is 10.9 Å². The third-order valence-corrected chi connectivity index (χ3v) is 5.24. The van der Waals surface area contributed by atoms with Crippen LogP contribution in [0.5, 0.6) is 0 Å². The lowest BCUT2D eigenvalue weighted by Crippen LogP contribution is -2.19. The Morgan fingerprint density at radius 1 is 1.15 bits per heavy atom. The minimum absolute atomic E-state index is 0.0972. The highest BCUT2D eigenvalue weighted by Crippen LogP contribution is 2.31. The Morgan fingerprint density at radius 3 is 2.60 bits per heavy atom. The molecule has 1 nitrogen and oxygen atoms in total. The Kier molecular flexibility index (Phi) is 5.78. The summed E-state index contributed by atoms with van der Waals surface area (Å²) in [6.07, 6.45) is 0.698. The fourth-order valence-corrected chi connectivity index (χ4v) is 3.40. The van der Waals surface area contributed by atoms with Crippen LogP contribution in [-0.2, 0) is 6.42 Å². The molecule has 0 bridgehead atoms. The third-order valence-electron chi connectivity index (χ3n) is 3.14. The van der Waals surface area contributed by atoms with E-state index in [9.17, 15) is 4.39 Å². The summed E-state index contributed by atoms with van der Waals surface area (Å²) in [5.74, 6) is -0.231. The first-order valence-corrected chi connectivity index (χ1v) is 8.46. The van der Waals surface area contributed by atoms with Gasteiger partial charge in [0.2, 0.25) is 0 Å². The van der Waals surface area contributed by atoms with Crippen LogP contribution in [0.1, 0.15) is 17.2 Å². The average molecular weight is 466 g/mol. The number of rotatable bonds is 4. The highest BCUT2D eigenvalue weighted by atomic mass is 79.9. The van der Waals surface area contributed by atoms with Gasteiger partial charge in [0.25, 0.3) is 0 Å². The highest BCUT2D eigenvalue weighted by Gasteiger charge is 2.16. The molecule has 2 aromatic carbocycles. The molecule has 0 aliphatic carbocycles. The van der Waals surface area contributed by atoms with E-state index in [-0.39, 0.29) is 11.9 Å². The second kappa shape index (κ2) is 7.16. The SMILES string of the molecule is CNC(Cc1cccc(F)c1Br)c1cc(Br)ccc1Br. The molecule has 2 aromatic rings. The van der Waals surface area contributed by atoms with Gasteiger partial charge in [-0.15, -0.1) is 0 Å². The molecule has 0 fully saturated rings. The summed E-state index contributed by atoms with van der Waals surface area (Å²) in [6, 6.07) is 11.3. The van der Waals surface area contributed by atoms with Crippen LogP contribution in [0.15, 0.2) is 49.8 Å². The van der Waals surface area contributed by atoms with Crippen LogP contribution < -0.4 is 5.32 Å². The van der Waals surface area contributed by atoms with Gasteiger partial charge in [-0.05, 0) is 64.8 Å². The molecule has 0 saturated carbocycles. The lowest BCUT2D eigenvalue weighted by Gasteiger charge is -2.19. The van der Waals surface area contributed by atoms with E-state index in [1.807, 2.05) is 25.2 Å². The third kappa shape index (κ3) is 3.70. The Bertz CT molecular complexity index is 616. The van der Waals surface area contributed by atoms with Crippen molar-refractivity contribution in [1.29, 1.82) is 0 Å². The van der Waals surface area contributed by atoms with Crippen molar-refractivity contribution >= 4 is 47.8 Å². The number of nitrogens with one attached hydrogen (secondary N) is 1. The number of hydrogen-bond donors (Lipinski definition) is 1. The molecule has 20 heavy (non-hydrogen) atoms. The van der Waals surface area contributed by atoms with Gasteiger partial charge >= 0.3 is 0 Å². The standard InChI is InChI=1S/C15H13Br3FN/c1-20-14(11-8-10(16)5-6-12(11)17)7-9-3-2-4-13(19)15(9)18/h2-6,8,14,20H,7H2,1H3. The largest absolute Gasteiger partial charge is 0.313 e. The molecule has 0 aliphatic heterocycles. The van der Waals surface area contributed by atoms with Gasteiger partial charge < -0.3 is 5.32 Å². The number of benzene rings is 2. The van der Waals surface area contributed by atoms with Crippen molar-refractivity contribution in [2.24, 2.45) is 0 Å². The van der Waals surface area contributed by atoms with E-state index in [0.717, 1.165) is 20.1 Å². The van der Waals surface area contributed by atoms with Crippen LogP contribution in [0.25, 0.3) is 0 Å². The zero-order valence-corrected chi connectivity index (χ0v) is 15.5. The van der Waals surface area contributed by atoms with Crippen LogP contribution in [-0.4, -0.2) is 7.05 Å². The Labute approximate surface area is 143 Å². The molecule has 0 aliphatic rings. The summed E-state index contributed by atoms with van der Waals surface area (Å²) in [7, 11) is 1.91. The molecule has 1 N–H and O–H groups in total. The summed E-state index contributed by atoms with van der Waals surface area (Å²) in [4.78, 5) is 0. The fraction of sp³-hybridized carbons (Fsp3) is 0.200. The van der Waals surface area contributed by atoms with Crippen LogP contribution in [0.4, 0.5) is 4.39 Å². The first-order chi connectivity index (χ1) is 9.52. The molecule has 0 radical (unpaired) electrons. The summed E-state index contributed by atoms with van der Waals surface area (Å²) in [5, 5.41) is 3.29. The minimum atomic E-state index is -0.231. The maximum atomic E-state index is 13.6. The predicted molar refractivity (Wildman–Crippen MR) is 91.4 cm³/mol. The lowest BCUT2D eigenvalue weighted by atomic mass is 9.99. The Balaban J connectivity index is 2.34. The quantitative estimate of drug-likeness (QED) is 0.618. The van der Waals surface area contributed by atoms with Gasteiger partial charge in [-0.1, -0.05) is 44.0 Å². The van der Waals surface area contributed by atoms with Gasteiger partial charge in [-0.2, -0.15) is 0 Å². The molecule has 0 saturated heterocycles. The van der Waals surface area contributed by atoms with Gasteiger partial charge in [0.15, 0.2) is 0 Å². The monoisotopic (exact) mass is 463 g/mol. The average Bonchev–Trinajstić information content (AvgIpc) is 2.43. The number of likely N-dealkylation sites (N-methyl/N-ethyl adjacent to an activating group) is 1. The number of halogens is 4. The van der Waals surface area contributed by atoms with Crippen molar-refractivity contribution in [2.75, 3.05) is 7.05 Å². The van der Waals surface area contributed by atoms with Crippen molar-refractivity contribution in [2.45, 2.75) is 12.5 Å². The van der Waals surface area contributed by atoms with Crippen molar-refractivity contribution in [1.82, 2.24) is 5.32 Å². The van der Waals surface area contributed by atoms with Crippen molar-refractivity contribution in [3.8, 4) is 0 Å². The predicted octanol–water partition coefficient (Wildman–Crippen LogP) is 5.62. The first kappa shape index (κ1) is 16.1. The Morgan fingerprint density at radius 2 is 1.90 bits per heavy atom. The van der Waals surface area contributed by atoms with Gasteiger partial charge in [0.1, 0.15) is 5.82 Å². The van der Waals surface area contributed by atoms with E-state index in [1.165, 1.54) is 6.07 Å². The summed E-state index contributed by atoms with van der Waals surface area (Å²) >= 11 is 10.4. The van der Waals surface area contributed by atoms with Crippen molar-refractivity contribution < 1.29 is 4.39 Å². The first-order valence-electron chi connectivity index (χ1n) is 6.08. The molecule has 1 atom stereocenters. The van der Waals surface area contributed by atoms with Gasteiger partial charge in [0.05, 0.1) is 4.47 Å². The van der Waals surface area contributed by atoms with E-state index in [1.54, 1.807) is 6.07 Å². The normalized spacial score (nSPS) is 12.4. The molecule has 106 valence electrons. The van der Waals surface area contributed by atoms with Crippen molar-refractivity contribution in [3.05, 3.63) is 66.8 Å². The van der Waals surface area contributed by atoms with E-state index >= 15 is 0 Å². The lowest BCUT2D eigenvalue weighted by molar-refractivity contribution is 0.578. The molecule has 1 unspecified atom stereocenters. The van der Waals surface area contributed by atoms with Crippen LogP contribution >= 0.6 is 47.8 Å². The molecule has 0 aromatic heterocycles. The van der Waals surface area contributed by atoms with Crippen LogP contribution in [0, 0.1) is 5.82 Å². The molecular formula is C15H13Br3FN. The maximum absolute atomic E-state index is 13.6. The molecular weight excluding hydrogens is 453 g/mol. The smallest absolute Gasteiger partial charge is 0.137 e. The summed E-state index contributed by atoms with van der Waals surface area (Å²) in [6.45, 7) is 0. The van der Waals surface area contributed by atoms with Crippen molar-refractivity contribution in [3.63, 3.8) is 0 Å². The topological polar surface area (TPSA) is 12.0 Å². The second-order valence-corrected chi connectivity index (χ2v) is 6.99.